The minimum Gasteiger partial charge on any atom is -0.300 e. The van der Waals surface area contributed by atoms with Crippen molar-refractivity contribution in [3.63, 3.8) is 0 Å². The smallest absolute Gasteiger partial charge is 0.300 e. The predicted molar refractivity (Wildman–Crippen MR) is 59.8 cm³/mol. The normalized spacial score (nSPS) is 22.7. The molecule has 1 aliphatic rings. The Balaban J connectivity index is 2.35. The molecule has 1 heterocycles. The molecule has 1 atom stereocenters. The number of hydrogen-bond donors (Lipinski definition) is 0. The molecule has 0 radical (unpaired) electrons. The molecule has 1 unspecified atom stereocenters. The van der Waals surface area contributed by atoms with Crippen LogP contribution in [0.3, 0.4) is 0 Å². The van der Waals surface area contributed by atoms with E-state index in [0.29, 0.717) is 13.0 Å². The van der Waals surface area contributed by atoms with Crippen molar-refractivity contribution in [2.75, 3.05) is 13.1 Å². The van der Waals surface area contributed by atoms with Crippen LogP contribution in [0.25, 0.3) is 0 Å². The molecule has 0 amide bonds. The second-order valence-electron chi connectivity index (χ2n) is 4.81. The molecule has 17 heavy (non-hydrogen) atoms. The molecule has 0 aromatic carbocycles. The van der Waals surface area contributed by atoms with Crippen LogP contribution in [0.15, 0.2) is 0 Å². The lowest BCUT2D eigenvalue weighted by atomic mass is 9.97. The summed E-state index contributed by atoms with van der Waals surface area (Å²) in [7, 11) is 0. The van der Waals surface area contributed by atoms with Gasteiger partial charge in [-0.05, 0) is 39.3 Å². The van der Waals surface area contributed by atoms with E-state index in [9.17, 15) is 18.0 Å². The summed E-state index contributed by atoms with van der Waals surface area (Å²) in [5.41, 5.74) is 0. The van der Waals surface area contributed by atoms with Crippen LogP contribution in [0.5, 0.6) is 0 Å². The van der Waals surface area contributed by atoms with Crippen molar-refractivity contribution in [1.82, 2.24) is 4.90 Å². The fourth-order valence-electron chi connectivity index (χ4n) is 2.40. The van der Waals surface area contributed by atoms with Crippen molar-refractivity contribution < 1.29 is 18.0 Å². The molecular weight excluding hydrogens is 231 g/mol. The SMILES string of the molecule is CC(=O)CC1CCCCN1CCCC(F)(F)F. The number of ketones is 1. The zero-order chi connectivity index (χ0) is 12.9. The summed E-state index contributed by atoms with van der Waals surface area (Å²) in [6.07, 6.45) is -1.13. The lowest BCUT2D eigenvalue weighted by Gasteiger charge is -2.35. The van der Waals surface area contributed by atoms with Crippen molar-refractivity contribution in [3.8, 4) is 0 Å². The molecule has 0 N–H and O–H groups in total. The summed E-state index contributed by atoms with van der Waals surface area (Å²) < 4.78 is 36.1. The van der Waals surface area contributed by atoms with Gasteiger partial charge in [-0.25, -0.2) is 0 Å². The number of alkyl halides is 3. The Morgan fingerprint density at radius 1 is 1.35 bits per heavy atom. The Bertz CT molecular complexity index is 253. The van der Waals surface area contributed by atoms with Crippen LogP contribution in [0.4, 0.5) is 13.2 Å². The average Bonchev–Trinajstić information content (AvgIpc) is 2.18. The Morgan fingerprint density at radius 2 is 2.06 bits per heavy atom. The zero-order valence-electron chi connectivity index (χ0n) is 10.2. The number of nitrogens with zero attached hydrogens (tertiary/aromatic N) is 1. The lowest BCUT2D eigenvalue weighted by Crippen LogP contribution is -2.41. The maximum absolute atomic E-state index is 12.0. The van der Waals surface area contributed by atoms with Gasteiger partial charge in [-0.3, -0.25) is 9.69 Å². The standard InChI is InChI=1S/C12H20F3NO/c1-10(17)9-11-5-2-3-7-16(11)8-4-6-12(13,14)15/h11H,2-9H2,1H3. The van der Waals surface area contributed by atoms with Crippen LogP contribution in [-0.2, 0) is 4.79 Å². The van der Waals surface area contributed by atoms with Gasteiger partial charge in [0.2, 0.25) is 0 Å². The number of likely N-dealkylation sites (tertiary alicyclic amines) is 1. The Kier molecular flexibility index (Phi) is 5.43. The number of piperidine rings is 1. The van der Waals surface area contributed by atoms with E-state index in [1.165, 1.54) is 0 Å². The first-order chi connectivity index (χ1) is 7.88. The van der Waals surface area contributed by atoms with Crippen molar-refractivity contribution in [2.45, 2.75) is 57.7 Å². The van der Waals surface area contributed by atoms with Gasteiger partial charge in [0.1, 0.15) is 5.78 Å². The minimum atomic E-state index is -4.06. The molecule has 1 rings (SSSR count). The fraction of sp³-hybridized carbons (Fsp3) is 0.917. The van der Waals surface area contributed by atoms with Crippen molar-refractivity contribution in [2.24, 2.45) is 0 Å². The van der Waals surface area contributed by atoms with E-state index in [1.54, 1.807) is 6.92 Å². The highest BCUT2D eigenvalue weighted by Crippen LogP contribution is 2.24. The third kappa shape index (κ3) is 6.05. The van der Waals surface area contributed by atoms with Gasteiger partial charge in [-0.2, -0.15) is 13.2 Å². The molecule has 1 fully saturated rings. The second kappa shape index (κ2) is 6.38. The van der Waals surface area contributed by atoms with E-state index in [0.717, 1.165) is 25.8 Å². The molecule has 1 aliphatic heterocycles. The van der Waals surface area contributed by atoms with E-state index in [2.05, 4.69) is 4.90 Å². The summed E-state index contributed by atoms with van der Waals surface area (Å²) >= 11 is 0. The second-order valence-corrected chi connectivity index (χ2v) is 4.81. The Labute approximate surface area is 100 Å². The summed E-state index contributed by atoms with van der Waals surface area (Å²) in [6, 6.07) is 0.162. The summed E-state index contributed by atoms with van der Waals surface area (Å²) in [5.74, 6) is 0.123. The molecule has 100 valence electrons. The van der Waals surface area contributed by atoms with Crippen molar-refractivity contribution >= 4 is 5.78 Å². The molecule has 0 bridgehead atoms. The molecule has 2 nitrogen and oxygen atoms in total. The van der Waals surface area contributed by atoms with E-state index in [1.807, 2.05) is 0 Å². The summed E-state index contributed by atoms with van der Waals surface area (Å²) in [6.45, 7) is 2.83. The monoisotopic (exact) mass is 251 g/mol. The largest absolute Gasteiger partial charge is 0.389 e. The zero-order valence-corrected chi connectivity index (χ0v) is 10.2. The van der Waals surface area contributed by atoms with Crippen LogP contribution in [0.1, 0.15) is 45.4 Å². The third-order valence-electron chi connectivity index (χ3n) is 3.18. The Morgan fingerprint density at radius 3 is 2.65 bits per heavy atom. The molecule has 1 saturated heterocycles. The van der Waals surface area contributed by atoms with Gasteiger partial charge < -0.3 is 0 Å². The molecule has 0 spiro atoms. The summed E-state index contributed by atoms with van der Waals surface area (Å²) in [4.78, 5) is 13.1. The summed E-state index contributed by atoms with van der Waals surface area (Å²) in [5, 5.41) is 0. The highest BCUT2D eigenvalue weighted by Gasteiger charge is 2.28. The first-order valence-corrected chi connectivity index (χ1v) is 6.19. The number of hydrogen-bond acceptors (Lipinski definition) is 2. The quantitative estimate of drug-likeness (QED) is 0.748. The van der Waals surface area contributed by atoms with Gasteiger partial charge >= 0.3 is 6.18 Å². The van der Waals surface area contributed by atoms with E-state index < -0.39 is 12.6 Å². The third-order valence-corrected chi connectivity index (χ3v) is 3.18. The maximum Gasteiger partial charge on any atom is 0.389 e. The van der Waals surface area contributed by atoms with Gasteiger partial charge in [0.15, 0.2) is 0 Å². The van der Waals surface area contributed by atoms with Crippen molar-refractivity contribution in [1.29, 1.82) is 0 Å². The van der Waals surface area contributed by atoms with Gasteiger partial charge in [0.25, 0.3) is 0 Å². The average molecular weight is 251 g/mol. The van der Waals surface area contributed by atoms with Crippen LogP contribution in [0, 0.1) is 0 Å². The molecular formula is C12H20F3NO. The van der Waals surface area contributed by atoms with Gasteiger partial charge in [0, 0.05) is 18.9 Å². The minimum absolute atomic E-state index is 0.123. The number of rotatable bonds is 5. The van der Waals surface area contributed by atoms with Crippen LogP contribution in [-0.4, -0.2) is 36.0 Å². The fourth-order valence-corrected chi connectivity index (χ4v) is 2.40. The van der Waals surface area contributed by atoms with E-state index in [-0.39, 0.29) is 18.2 Å². The number of Topliss-reactive ketones (excluding diaryl/α,β-unsaturated/α-hetero) is 1. The van der Waals surface area contributed by atoms with E-state index >= 15 is 0 Å². The van der Waals surface area contributed by atoms with Gasteiger partial charge in [-0.15, -0.1) is 0 Å². The first kappa shape index (κ1) is 14.5. The number of carbonyl (C=O) groups is 1. The van der Waals surface area contributed by atoms with Crippen LogP contribution in [0.2, 0.25) is 0 Å². The van der Waals surface area contributed by atoms with E-state index in [4.69, 9.17) is 0 Å². The van der Waals surface area contributed by atoms with Gasteiger partial charge in [0.05, 0.1) is 0 Å². The lowest BCUT2D eigenvalue weighted by molar-refractivity contribution is -0.137. The Hall–Kier alpha value is -0.580. The van der Waals surface area contributed by atoms with Crippen LogP contribution >= 0.6 is 0 Å². The topological polar surface area (TPSA) is 20.3 Å². The van der Waals surface area contributed by atoms with Crippen molar-refractivity contribution in [3.05, 3.63) is 0 Å². The molecule has 0 aromatic rings. The molecule has 5 heteroatoms. The molecule has 0 aliphatic carbocycles. The first-order valence-electron chi connectivity index (χ1n) is 6.19. The highest BCUT2D eigenvalue weighted by atomic mass is 19.4. The van der Waals surface area contributed by atoms with Crippen LogP contribution < -0.4 is 0 Å². The maximum atomic E-state index is 12.0. The van der Waals surface area contributed by atoms with Gasteiger partial charge in [-0.1, -0.05) is 6.42 Å². The predicted octanol–water partition coefficient (Wildman–Crippen LogP) is 3.16. The number of carbonyl (C=O) groups excluding carboxylic acids is 1. The molecule has 0 aromatic heterocycles. The highest BCUT2D eigenvalue weighted by molar-refractivity contribution is 5.76. The number of halogens is 3. The molecule has 0 saturated carbocycles.